The van der Waals surface area contributed by atoms with Crippen LogP contribution in [0.2, 0.25) is 0 Å². The van der Waals surface area contributed by atoms with E-state index in [2.05, 4.69) is 25.2 Å². The summed E-state index contributed by atoms with van der Waals surface area (Å²) < 4.78 is 21.9. The second-order valence-corrected chi connectivity index (χ2v) is 11.1. The lowest BCUT2D eigenvalue weighted by Crippen LogP contribution is -2.36. The Kier molecular flexibility index (Phi) is 7.24. The maximum Gasteiger partial charge on any atom is 0.341 e. The van der Waals surface area contributed by atoms with Crippen molar-refractivity contribution in [2.75, 3.05) is 56.8 Å². The van der Waals surface area contributed by atoms with Gasteiger partial charge < -0.3 is 39.8 Å². The van der Waals surface area contributed by atoms with Crippen molar-refractivity contribution in [1.29, 1.82) is 0 Å². The number of halogens is 1. The van der Waals surface area contributed by atoms with E-state index in [0.29, 0.717) is 65.1 Å². The average molecular weight is 591 g/mol. The number of aromatic nitrogens is 4. The van der Waals surface area contributed by atoms with E-state index < -0.39 is 28.2 Å². The summed E-state index contributed by atoms with van der Waals surface area (Å²) in [7, 11) is 1.71. The quantitative estimate of drug-likeness (QED) is 0.181. The van der Waals surface area contributed by atoms with Crippen LogP contribution in [-0.2, 0) is 11.3 Å². The molecule has 0 spiro atoms. The number of benzene rings is 1. The Hall–Kier alpha value is -4.59. The second kappa shape index (κ2) is 10.9. The summed E-state index contributed by atoms with van der Waals surface area (Å²) in [6, 6.07) is 4.45. The summed E-state index contributed by atoms with van der Waals surface area (Å²) in [6.07, 6.45) is 4.43. The smallest absolute Gasteiger partial charge is 0.341 e. The van der Waals surface area contributed by atoms with Gasteiger partial charge in [-0.25, -0.2) is 19.2 Å². The van der Waals surface area contributed by atoms with Gasteiger partial charge in [-0.3, -0.25) is 4.79 Å². The Morgan fingerprint density at radius 2 is 1.88 bits per heavy atom. The number of aromatic amines is 1. The Morgan fingerprint density at radius 1 is 1.14 bits per heavy atom. The van der Waals surface area contributed by atoms with Crippen molar-refractivity contribution in [3.63, 3.8) is 0 Å². The molecule has 0 amide bonds. The molecule has 43 heavy (non-hydrogen) atoms. The van der Waals surface area contributed by atoms with E-state index in [1.54, 1.807) is 32.4 Å². The van der Waals surface area contributed by atoms with Crippen LogP contribution in [0.25, 0.3) is 44.1 Å². The van der Waals surface area contributed by atoms with Crippen molar-refractivity contribution in [2.24, 2.45) is 5.41 Å². The molecular weight excluding hydrogens is 559 g/mol. The monoisotopic (exact) mass is 590 g/mol. The van der Waals surface area contributed by atoms with Gasteiger partial charge in [-0.1, -0.05) is 6.92 Å². The van der Waals surface area contributed by atoms with Gasteiger partial charge in [0.1, 0.15) is 22.7 Å². The molecule has 12 nitrogen and oxygen atoms in total. The number of hydrogen-bond acceptors (Lipinski definition) is 9. The third-order valence-corrected chi connectivity index (χ3v) is 8.03. The molecule has 1 fully saturated rings. The Morgan fingerprint density at radius 3 is 2.56 bits per heavy atom. The van der Waals surface area contributed by atoms with Gasteiger partial charge in [0, 0.05) is 67.2 Å². The molecule has 0 saturated carbocycles. The van der Waals surface area contributed by atoms with Crippen LogP contribution in [0.5, 0.6) is 0 Å². The minimum atomic E-state index is -1.40. The van der Waals surface area contributed by atoms with Crippen LogP contribution < -0.4 is 15.6 Å². The number of aliphatic hydroxyl groups is 2. The van der Waals surface area contributed by atoms with Gasteiger partial charge in [0.25, 0.3) is 0 Å². The first-order valence-corrected chi connectivity index (χ1v) is 13.8. The number of carbonyl (C=O) groups is 1. The predicted molar refractivity (Wildman–Crippen MR) is 160 cm³/mol. The number of carboxylic acid groups (broad SMARTS) is 1. The zero-order valence-corrected chi connectivity index (χ0v) is 23.6. The van der Waals surface area contributed by atoms with Crippen LogP contribution in [0, 0.1) is 11.2 Å². The molecule has 0 radical (unpaired) electrons. The largest absolute Gasteiger partial charge is 0.477 e. The van der Waals surface area contributed by atoms with E-state index >= 15 is 0 Å². The first-order valence-electron chi connectivity index (χ1n) is 13.8. The molecule has 4 aromatic heterocycles. The highest BCUT2D eigenvalue weighted by Gasteiger charge is 2.27. The average Bonchev–Trinajstić information content (AvgIpc) is 3.40. The molecule has 0 unspecified atom stereocenters. The molecule has 0 atom stereocenters. The molecule has 0 aliphatic carbocycles. The third kappa shape index (κ3) is 4.84. The van der Waals surface area contributed by atoms with Gasteiger partial charge >= 0.3 is 5.97 Å². The zero-order valence-electron chi connectivity index (χ0n) is 23.6. The Balaban J connectivity index is 1.64. The van der Waals surface area contributed by atoms with Crippen molar-refractivity contribution < 1.29 is 29.2 Å². The van der Waals surface area contributed by atoms with Crippen LogP contribution >= 0.6 is 0 Å². The third-order valence-electron chi connectivity index (χ3n) is 8.03. The summed E-state index contributed by atoms with van der Waals surface area (Å²) in [5, 5.41) is 34.0. The van der Waals surface area contributed by atoms with Crippen LogP contribution in [0.15, 0.2) is 41.6 Å². The SMILES string of the molecule is CNc1cc(F)cc2c1[nH]c1ncc(-c3cnc4c(c3)c(=O)c(C(=O)O)cn4CC(C)(CO)CO)c(N3CCOCC3)c12. The fourth-order valence-electron chi connectivity index (χ4n) is 5.69. The summed E-state index contributed by atoms with van der Waals surface area (Å²) in [5.74, 6) is -1.82. The molecule has 5 heterocycles. The molecule has 5 aromatic rings. The number of aromatic carboxylic acids is 1. The van der Waals surface area contributed by atoms with E-state index in [1.165, 1.54) is 22.9 Å². The molecule has 1 aliphatic heterocycles. The minimum Gasteiger partial charge on any atom is -0.477 e. The number of pyridine rings is 3. The number of hydrogen-bond donors (Lipinski definition) is 5. The number of nitrogens with zero attached hydrogens (tertiary/aromatic N) is 4. The molecule has 224 valence electrons. The highest BCUT2D eigenvalue weighted by Crippen LogP contribution is 2.42. The number of fused-ring (bicyclic) bond motifs is 4. The Labute approximate surface area is 244 Å². The number of anilines is 2. The molecular formula is C30H31FN6O6. The van der Waals surface area contributed by atoms with E-state index in [-0.39, 0.29) is 30.8 Å². The van der Waals surface area contributed by atoms with E-state index in [4.69, 9.17) is 4.74 Å². The second-order valence-electron chi connectivity index (χ2n) is 11.1. The van der Waals surface area contributed by atoms with E-state index in [1.807, 2.05) is 0 Å². The van der Waals surface area contributed by atoms with Crippen LogP contribution in [0.1, 0.15) is 17.3 Å². The summed E-state index contributed by atoms with van der Waals surface area (Å²) >= 11 is 0. The molecule has 0 bridgehead atoms. The van der Waals surface area contributed by atoms with E-state index in [0.717, 1.165) is 5.69 Å². The van der Waals surface area contributed by atoms with Crippen molar-refractivity contribution >= 4 is 50.3 Å². The maximum atomic E-state index is 14.8. The topological polar surface area (TPSA) is 166 Å². The van der Waals surface area contributed by atoms with Crippen molar-refractivity contribution in [3.8, 4) is 11.1 Å². The molecule has 6 rings (SSSR count). The molecule has 5 N–H and O–H groups in total. The number of H-pyrrole nitrogens is 1. The Bertz CT molecular complexity index is 1940. The van der Waals surface area contributed by atoms with Crippen molar-refractivity contribution in [1.82, 2.24) is 19.5 Å². The summed E-state index contributed by atoms with van der Waals surface area (Å²) in [5.41, 5.74) is 1.78. The van der Waals surface area contributed by atoms with Gasteiger partial charge in [-0.2, -0.15) is 0 Å². The number of rotatable bonds is 8. The first-order chi connectivity index (χ1) is 20.7. The molecule has 1 saturated heterocycles. The number of morpholine rings is 1. The molecule has 13 heteroatoms. The van der Waals surface area contributed by atoms with Gasteiger partial charge in [0.2, 0.25) is 5.43 Å². The van der Waals surface area contributed by atoms with Crippen molar-refractivity contribution in [3.05, 3.63) is 58.4 Å². The number of ether oxygens (including phenoxy) is 1. The zero-order chi connectivity index (χ0) is 30.5. The highest BCUT2D eigenvalue weighted by molar-refractivity contribution is 6.17. The summed E-state index contributed by atoms with van der Waals surface area (Å²) in [6.45, 7) is 3.02. The lowest BCUT2D eigenvalue weighted by Gasteiger charge is -2.31. The highest BCUT2D eigenvalue weighted by atomic mass is 19.1. The lowest BCUT2D eigenvalue weighted by molar-refractivity contribution is 0.0560. The standard InChI is InChI=1S/C30H31FN6O6/c1-30(14-38,15-39)13-37-12-21(29(41)42)26(40)19-7-16(10-34-28(19)37)20-11-33-27-23(25(20)36-3-5-43-6-4-36)18-8-17(31)9-22(32-2)24(18)35-27/h7-12,32,38-39H,3-6,13-15H2,1-2H3,(H,33,35)(H,41,42). The predicted octanol–water partition coefficient (Wildman–Crippen LogP) is 2.80. The molecule has 1 aromatic carbocycles. The van der Waals surface area contributed by atoms with Crippen molar-refractivity contribution in [2.45, 2.75) is 13.5 Å². The maximum absolute atomic E-state index is 14.8. The first kappa shape index (κ1) is 28.5. The van der Waals surface area contributed by atoms with Crippen LogP contribution in [0.3, 0.4) is 0 Å². The van der Waals surface area contributed by atoms with Gasteiger partial charge in [-0.05, 0) is 18.2 Å². The number of aliphatic hydroxyl groups excluding tert-OH is 2. The van der Waals surface area contributed by atoms with Gasteiger partial charge in [0.15, 0.2) is 0 Å². The van der Waals surface area contributed by atoms with Crippen LogP contribution in [-0.4, -0.2) is 87.4 Å². The van der Waals surface area contributed by atoms with E-state index in [9.17, 15) is 29.3 Å². The molecule has 1 aliphatic rings. The normalized spacial score (nSPS) is 14.2. The lowest BCUT2D eigenvalue weighted by atomic mass is 9.92. The minimum absolute atomic E-state index is 0.0185. The van der Waals surface area contributed by atoms with Gasteiger partial charge in [0.05, 0.1) is 54.1 Å². The van der Waals surface area contributed by atoms with Crippen LogP contribution in [0.4, 0.5) is 15.8 Å². The fourth-order valence-corrected chi connectivity index (χ4v) is 5.69. The fraction of sp³-hybridized carbons (Fsp3) is 0.333. The number of nitrogens with one attached hydrogen (secondary N) is 2. The number of carboxylic acids is 1. The summed E-state index contributed by atoms with van der Waals surface area (Å²) in [4.78, 5) is 40.2. The van der Waals surface area contributed by atoms with Gasteiger partial charge in [-0.15, -0.1) is 0 Å².